The fourth-order valence-electron chi connectivity index (χ4n) is 3.31. The second kappa shape index (κ2) is 6.99. The fourth-order valence-corrected chi connectivity index (χ4v) is 4.37. The molecule has 6 nitrogen and oxygen atoms in total. The van der Waals surface area contributed by atoms with Gasteiger partial charge in [-0.05, 0) is 44.2 Å². The van der Waals surface area contributed by atoms with E-state index >= 15 is 0 Å². The highest BCUT2D eigenvalue weighted by Gasteiger charge is 2.16. The second-order valence-corrected chi connectivity index (χ2v) is 7.69. The van der Waals surface area contributed by atoms with Crippen molar-refractivity contribution in [3.8, 4) is 0 Å². The Morgan fingerprint density at radius 2 is 2.15 bits per heavy atom. The molecule has 0 unspecified atom stereocenters. The SMILES string of the molecule is Cc1cccc2c(=O)n(CCC(=O)Nc3nc4c(s3)CCCC4)cnc12. The molecule has 1 aliphatic carbocycles. The molecule has 0 fully saturated rings. The van der Waals surface area contributed by atoms with Gasteiger partial charge in [-0.1, -0.05) is 12.1 Å². The number of nitrogens with one attached hydrogen (secondary N) is 1. The van der Waals surface area contributed by atoms with Gasteiger partial charge in [0.25, 0.3) is 5.56 Å². The average Bonchev–Trinajstić information content (AvgIpc) is 3.04. The molecular formula is C19H20N4O2S. The quantitative estimate of drug-likeness (QED) is 0.768. The van der Waals surface area contributed by atoms with Gasteiger partial charge in [0, 0.05) is 17.8 Å². The van der Waals surface area contributed by atoms with Crippen LogP contribution >= 0.6 is 11.3 Å². The molecule has 3 aromatic rings. The van der Waals surface area contributed by atoms with E-state index in [2.05, 4.69) is 15.3 Å². The highest BCUT2D eigenvalue weighted by Crippen LogP contribution is 2.29. The molecule has 0 spiro atoms. The summed E-state index contributed by atoms with van der Waals surface area (Å²) in [6, 6.07) is 5.55. The van der Waals surface area contributed by atoms with Crippen molar-refractivity contribution in [2.24, 2.45) is 0 Å². The Bertz CT molecular complexity index is 1010. The van der Waals surface area contributed by atoms with Crippen LogP contribution in [0.2, 0.25) is 0 Å². The third-order valence-electron chi connectivity index (χ3n) is 4.73. The normalized spacial score (nSPS) is 13.6. The topological polar surface area (TPSA) is 76.9 Å². The van der Waals surface area contributed by atoms with Crippen LogP contribution in [0.4, 0.5) is 5.13 Å². The molecule has 1 amide bonds. The Kier molecular flexibility index (Phi) is 4.55. The zero-order valence-corrected chi connectivity index (χ0v) is 15.4. The van der Waals surface area contributed by atoms with Gasteiger partial charge in [-0.2, -0.15) is 0 Å². The van der Waals surface area contributed by atoms with Crippen molar-refractivity contribution in [1.82, 2.24) is 14.5 Å². The number of aryl methyl sites for hydroxylation is 4. The zero-order chi connectivity index (χ0) is 18.1. The smallest absolute Gasteiger partial charge is 0.261 e. The van der Waals surface area contributed by atoms with Crippen LogP contribution in [0.15, 0.2) is 29.3 Å². The largest absolute Gasteiger partial charge is 0.302 e. The predicted molar refractivity (Wildman–Crippen MR) is 103 cm³/mol. The van der Waals surface area contributed by atoms with Gasteiger partial charge in [-0.25, -0.2) is 9.97 Å². The predicted octanol–water partition coefficient (Wildman–Crippen LogP) is 3.07. The third kappa shape index (κ3) is 3.26. The van der Waals surface area contributed by atoms with Crippen LogP contribution in [0.25, 0.3) is 10.9 Å². The number of hydrogen-bond acceptors (Lipinski definition) is 5. The molecule has 7 heteroatoms. The number of aromatic nitrogens is 3. The maximum Gasteiger partial charge on any atom is 0.261 e. The summed E-state index contributed by atoms with van der Waals surface area (Å²) in [6.45, 7) is 2.23. The van der Waals surface area contributed by atoms with Gasteiger partial charge >= 0.3 is 0 Å². The van der Waals surface area contributed by atoms with E-state index in [1.54, 1.807) is 17.4 Å². The summed E-state index contributed by atoms with van der Waals surface area (Å²) in [4.78, 5) is 35.0. The molecule has 2 heterocycles. The van der Waals surface area contributed by atoms with E-state index in [0.717, 1.165) is 24.1 Å². The van der Waals surface area contributed by atoms with Crippen LogP contribution in [0.5, 0.6) is 0 Å². The first kappa shape index (κ1) is 16.9. The Hall–Kier alpha value is -2.54. The Morgan fingerprint density at radius 1 is 1.31 bits per heavy atom. The number of benzene rings is 1. The molecule has 26 heavy (non-hydrogen) atoms. The maximum atomic E-state index is 12.6. The summed E-state index contributed by atoms with van der Waals surface area (Å²) in [5, 5.41) is 4.12. The number of nitrogens with zero attached hydrogens (tertiary/aromatic N) is 3. The molecule has 0 saturated heterocycles. The summed E-state index contributed by atoms with van der Waals surface area (Å²) in [7, 11) is 0. The standard InChI is InChI=1S/C19H20N4O2S/c1-12-5-4-6-13-17(12)20-11-23(18(13)25)10-9-16(24)22-19-21-14-7-2-3-8-15(14)26-19/h4-6,11H,2-3,7-10H2,1H3,(H,21,22,24). The molecule has 134 valence electrons. The number of carbonyl (C=O) groups is 1. The van der Waals surface area contributed by atoms with Crippen molar-refractivity contribution in [2.75, 3.05) is 5.32 Å². The number of para-hydroxylation sites is 1. The van der Waals surface area contributed by atoms with Gasteiger partial charge < -0.3 is 5.32 Å². The first-order chi connectivity index (χ1) is 12.6. The molecule has 0 radical (unpaired) electrons. The number of anilines is 1. The second-order valence-electron chi connectivity index (χ2n) is 6.61. The molecule has 0 saturated carbocycles. The molecule has 2 aromatic heterocycles. The van der Waals surface area contributed by atoms with E-state index in [4.69, 9.17) is 0 Å². The number of hydrogen-bond donors (Lipinski definition) is 1. The van der Waals surface area contributed by atoms with E-state index in [1.807, 2.05) is 19.1 Å². The van der Waals surface area contributed by atoms with Crippen LogP contribution in [0.1, 0.15) is 35.4 Å². The van der Waals surface area contributed by atoms with Crippen molar-refractivity contribution in [3.05, 3.63) is 51.0 Å². The van der Waals surface area contributed by atoms with Crippen LogP contribution in [0, 0.1) is 6.92 Å². The molecule has 0 aliphatic heterocycles. The Labute approximate surface area is 154 Å². The molecule has 0 atom stereocenters. The molecular weight excluding hydrogens is 348 g/mol. The zero-order valence-electron chi connectivity index (χ0n) is 14.6. The highest BCUT2D eigenvalue weighted by molar-refractivity contribution is 7.15. The molecule has 4 rings (SSSR count). The highest BCUT2D eigenvalue weighted by atomic mass is 32.1. The van der Waals surface area contributed by atoms with Crippen LogP contribution in [-0.4, -0.2) is 20.4 Å². The number of fused-ring (bicyclic) bond motifs is 2. The fraction of sp³-hybridized carbons (Fsp3) is 0.368. The van der Waals surface area contributed by atoms with Gasteiger partial charge in [0.05, 0.1) is 22.9 Å². The lowest BCUT2D eigenvalue weighted by atomic mass is 10.0. The number of amides is 1. The lowest BCUT2D eigenvalue weighted by molar-refractivity contribution is -0.116. The lowest BCUT2D eigenvalue weighted by Crippen LogP contribution is -2.23. The molecule has 1 aliphatic rings. The molecule has 1 aromatic carbocycles. The van der Waals surface area contributed by atoms with Crippen LogP contribution in [0.3, 0.4) is 0 Å². The van der Waals surface area contributed by atoms with Crippen molar-refractivity contribution < 1.29 is 4.79 Å². The van der Waals surface area contributed by atoms with Gasteiger partial charge in [0.1, 0.15) is 0 Å². The minimum atomic E-state index is -0.132. The van der Waals surface area contributed by atoms with Crippen LogP contribution < -0.4 is 10.9 Å². The van der Waals surface area contributed by atoms with Gasteiger partial charge in [-0.15, -0.1) is 11.3 Å². The van der Waals surface area contributed by atoms with Crippen LogP contribution in [-0.2, 0) is 24.2 Å². The number of carbonyl (C=O) groups excluding carboxylic acids is 1. The molecule has 0 bridgehead atoms. The summed E-state index contributed by atoms with van der Waals surface area (Å²) in [5.74, 6) is -0.132. The Balaban J connectivity index is 1.44. The third-order valence-corrected chi connectivity index (χ3v) is 5.80. The summed E-state index contributed by atoms with van der Waals surface area (Å²) < 4.78 is 1.49. The molecule has 1 N–H and O–H groups in total. The van der Waals surface area contributed by atoms with E-state index < -0.39 is 0 Å². The van der Waals surface area contributed by atoms with E-state index in [9.17, 15) is 9.59 Å². The van der Waals surface area contributed by atoms with E-state index in [1.165, 1.54) is 28.6 Å². The summed E-state index contributed by atoms with van der Waals surface area (Å²) in [5.41, 5.74) is 2.70. The number of rotatable bonds is 4. The minimum absolute atomic E-state index is 0.115. The minimum Gasteiger partial charge on any atom is -0.302 e. The monoisotopic (exact) mass is 368 g/mol. The van der Waals surface area contributed by atoms with Gasteiger partial charge in [0.2, 0.25) is 5.91 Å². The lowest BCUT2D eigenvalue weighted by Gasteiger charge is -2.07. The van der Waals surface area contributed by atoms with Crippen molar-refractivity contribution in [2.45, 2.75) is 45.6 Å². The maximum absolute atomic E-state index is 12.6. The first-order valence-electron chi connectivity index (χ1n) is 8.85. The van der Waals surface area contributed by atoms with E-state index in [0.29, 0.717) is 22.6 Å². The number of thiazole rings is 1. The summed E-state index contributed by atoms with van der Waals surface area (Å²) >= 11 is 1.57. The van der Waals surface area contributed by atoms with Crippen molar-refractivity contribution >= 4 is 33.3 Å². The van der Waals surface area contributed by atoms with Gasteiger partial charge in [0.15, 0.2) is 5.13 Å². The van der Waals surface area contributed by atoms with Crippen molar-refractivity contribution in [1.29, 1.82) is 0 Å². The van der Waals surface area contributed by atoms with Crippen molar-refractivity contribution in [3.63, 3.8) is 0 Å². The first-order valence-corrected chi connectivity index (χ1v) is 9.66. The van der Waals surface area contributed by atoms with Gasteiger partial charge in [-0.3, -0.25) is 14.2 Å². The summed E-state index contributed by atoms with van der Waals surface area (Å²) in [6.07, 6.45) is 6.15. The Morgan fingerprint density at radius 3 is 3.00 bits per heavy atom. The average molecular weight is 368 g/mol. The van der Waals surface area contributed by atoms with E-state index in [-0.39, 0.29) is 17.9 Å².